The number of nitrogens with zero attached hydrogens (tertiary/aromatic N) is 2. The van der Waals surface area contributed by atoms with E-state index in [1.807, 2.05) is 13.8 Å². The minimum absolute atomic E-state index is 0.0116. The fourth-order valence-electron chi connectivity index (χ4n) is 4.19. The average Bonchev–Trinajstić information content (AvgIpc) is 2.93. The number of hydrogen-bond acceptors (Lipinski definition) is 5. The molecule has 0 unspecified atom stereocenters. The van der Waals surface area contributed by atoms with Crippen LogP contribution in [0.4, 0.5) is 5.69 Å². The van der Waals surface area contributed by atoms with Gasteiger partial charge in [-0.15, -0.1) is 0 Å². The Morgan fingerprint density at radius 1 is 0.927 bits per heavy atom. The van der Waals surface area contributed by atoms with Crippen molar-refractivity contribution in [2.75, 3.05) is 18.0 Å². The van der Waals surface area contributed by atoms with Gasteiger partial charge in [-0.05, 0) is 68.3 Å². The number of benzene rings is 3. The van der Waals surface area contributed by atoms with Crippen LogP contribution < -0.4 is 14.4 Å². The predicted molar refractivity (Wildman–Crippen MR) is 163 cm³/mol. The Morgan fingerprint density at radius 2 is 1.61 bits per heavy atom. The van der Waals surface area contributed by atoms with E-state index in [9.17, 15) is 18.0 Å². The van der Waals surface area contributed by atoms with Gasteiger partial charge in [0.1, 0.15) is 18.3 Å². The van der Waals surface area contributed by atoms with Gasteiger partial charge in [-0.1, -0.05) is 66.0 Å². The molecule has 2 amide bonds. The van der Waals surface area contributed by atoms with Crippen LogP contribution in [-0.4, -0.2) is 50.9 Å². The summed E-state index contributed by atoms with van der Waals surface area (Å²) in [5, 5.41) is 3.65. The van der Waals surface area contributed by atoms with Gasteiger partial charge in [-0.2, -0.15) is 0 Å². The molecule has 0 fully saturated rings. The number of nitrogens with one attached hydrogen (secondary N) is 1. The molecular formula is C29H32Cl3N3O5S. The summed E-state index contributed by atoms with van der Waals surface area (Å²) < 4.78 is 34.0. The van der Waals surface area contributed by atoms with Crippen LogP contribution in [0.3, 0.4) is 0 Å². The normalized spacial score (nSPS) is 12.1. The highest BCUT2D eigenvalue weighted by molar-refractivity contribution is 7.92. The van der Waals surface area contributed by atoms with Crippen molar-refractivity contribution in [2.45, 2.75) is 50.7 Å². The minimum Gasteiger partial charge on any atom is -0.495 e. The minimum atomic E-state index is -4.23. The maximum atomic E-state index is 14.1. The zero-order chi connectivity index (χ0) is 30.3. The average molecular weight is 641 g/mol. The summed E-state index contributed by atoms with van der Waals surface area (Å²) in [6, 6.07) is 16.0. The number of rotatable bonds is 12. The van der Waals surface area contributed by atoms with Crippen molar-refractivity contribution in [2.24, 2.45) is 0 Å². The molecule has 0 aliphatic heterocycles. The Kier molecular flexibility index (Phi) is 11.3. The number of anilines is 1. The maximum Gasteiger partial charge on any atom is 0.264 e. The molecule has 0 heterocycles. The number of sulfonamides is 1. The molecule has 0 aliphatic rings. The van der Waals surface area contributed by atoms with E-state index in [0.717, 1.165) is 4.31 Å². The third kappa shape index (κ3) is 8.07. The second-order valence-corrected chi connectivity index (χ2v) is 12.6. The van der Waals surface area contributed by atoms with Crippen LogP contribution in [0.15, 0.2) is 71.6 Å². The van der Waals surface area contributed by atoms with E-state index in [4.69, 9.17) is 39.5 Å². The zero-order valence-electron chi connectivity index (χ0n) is 23.1. The van der Waals surface area contributed by atoms with E-state index in [0.29, 0.717) is 16.3 Å². The molecule has 0 saturated carbocycles. The van der Waals surface area contributed by atoms with Crippen molar-refractivity contribution >= 4 is 62.3 Å². The van der Waals surface area contributed by atoms with Crippen LogP contribution >= 0.6 is 34.8 Å². The Hall–Kier alpha value is -2.98. The lowest BCUT2D eigenvalue weighted by atomic mass is 10.1. The van der Waals surface area contributed by atoms with Gasteiger partial charge < -0.3 is 15.0 Å². The zero-order valence-corrected chi connectivity index (χ0v) is 26.2. The molecule has 220 valence electrons. The molecule has 0 aromatic heterocycles. The van der Waals surface area contributed by atoms with Gasteiger partial charge in [0.15, 0.2) is 0 Å². The van der Waals surface area contributed by atoms with Gasteiger partial charge in [0.2, 0.25) is 11.8 Å². The van der Waals surface area contributed by atoms with Gasteiger partial charge in [0.25, 0.3) is 10.0 Å². The van der Waals surface area contributed by atoms with Gasteiger partial charge in [-0.25, -0.2) is 8.42 Å². The number of carbonyl (C=O) groups excluding carboxylic acids is 2. The largest absolute Gasteiger partial charge is 0.495 e. The molecule has 1 atom stereocenters. The summed E-state index contributed by atoms with van der Waals surface area (Å²) in [7, 11) is -2.79. The third-order valence-electron chi connectivity index (χ3n) is 6.19. The highest BCUT2D eigenvalue weighted by Gasteiger charge is 2.34. The Bertz CT molecular complexity index is 1490. The van der Waals surface area contributed by atoms with Crippen molar-refractivity contribution in [3.63, 3.8) is 0 Å². The van der Waals surface area contributed by atoms with Crippen LogP contribution in [0.2, 0.25) is 15.1 Å². The lowest BCUT2D eigenvalue weighted by molar-refractivity contribution is -0.140. The third-order valence-corrected chi connectivity index (χ3v) is 9.01. The van der Waals surface area contributed by atoms with Crippen molar-refractivity contribution in [3.05, 3.63) is 87.4 Å². The summed E-state index contributed by atoms with van der Waals surface area (Å²) in [4.78, 5) is 28.6. The molecule has 1 N–H and O–H groups in total. The van der Waals surface area contributed by atoms with E-state index in [1.54, 1.807) is 43.3 Å². The molecule has 0 spiro atoms. The summed E-state index contributed by atoms with van der Waals surface area (Å²) in [5.74, 6) is -0.620. The highest BCUT2D eigenvalue weighted by Crippen LogP contribution is 2.32. The van der Waals surface area contributed by atoms with Gasteiger partial charge in [0, 0.05) is 12.6 Å². The number of amides is 2. The van der Waals surface area contributed by atoms with Crippen molar-refractivity contribution in [1.29, 1.82) is 0 Å². The summed E-state index contributed by atoms with van der Waals surface area (Å²) >= 11 is 18.7. The van der Waals surface area contributed by atoms with Gasteiger partial charge in [0.05, 0.1) is 32.8 Å². The monoisotopic (exact) mass is 639 g/mol. The van der Waals surface area contributed by atoms with E-state index in [2.05, 4.69) is 5.32 Å². The van der Waals surface area contributed by atoms with Crippen molar-refractivity contribution in [3.8, 4) is 5.75 Å². The lowest BCUT2D eigenvalue weighted by Crippen LogP contribution is -2.53. The second kappa shape index (κ2) is 14.3. The van der Waals surface area contributed by atoms with Crippen LogP contribution in [0, 0.1) is 0 Å². The van der Waals surface area contributed by atoms with E-state index in [-0.39, 0.29) is 45.5 Å². The van der Waals surface area contributed by atoms with Crippen LogP contribution in [0.25, 0.3) is 0 Å². The molecule has 0 radical (unpaired) electrons. The molecule has 0 aliphatic carbocycles. The quantitative estimate of drug-likeness (QED) is 0.255. The Labute approximate surface area is 256 Å². The summed E-state index contributed by atoms with van der Waals surface area (Å²) in [5.41, 5.74) is 0.774. The molecule has 3 aromatic carbocycles. The fourth-order valence-corrected chi connectivity index (χ4v) is 6.19. The van der Waals surface area contributed by atoms with Crippen molar-refractivity contribution < 1.29 is 22.7 Å². The fraction of sp³-hybridized carbons (Fsp3) is 0.310. The smallest absolute Gasteiger partial charge is 0.264 e. The van der Waals surface area contributed by atoms with Crippen LogP contribution in [-0.2, 0) is 26.2 Å². The number of halogens is 3. The first-order valence-electron chi connectivity index (χ1n) is 12.8. The molecule has 0 bridgehead atoms. The molecule has 3 rings (SSSR count). The number of carbonyl (C=O) groups is 2. The van der Waals surface area contributed by atoms with Gasteiger partial charge >= 0.3 is 0 Å². The van der Waals surface area contributed by atoms with Gasteiger partial charge in [-0.3, -0.25) is 13.9 Å². The number of hydrogen-bond donors (Lipinski definition) is 1. The standard InChI is InChI=1S/C29H32Cl3N3O5S/c1-5-26(29(37)33-19(2)3)34(17-20-11-13-23(30)24(31)15-20)28(36)18-35(21-12-14-27(40-4)25(32)16-21)41(38,39)22-9-7-6-8-10-22/h6-16,19,26H,5,17-18H2,1-4H3,(H,33,37)/t26-/m1/s1. The Morgan fingerprint density at radius 3 is 2.17 bits per heavy atom. The van der Waals surface area contributed by atoms with Crippen LogP contribution in [0.5, 0.6) is 5.75 Å². The SMILES string of the molecule is CC[C@H](C(=O)NC(C)C)N(Cc1ccc(Cl)c(Cl)c1)C(=O)CN(c1ccc(OC)c(Cl)c1)S(=O)(=O)c1ccccc1. The number of ether oxygens (including phenoxy) is 1. The van der Waals surface area contributed by atoms with E-state index in [1.165, 1.54) is 42.3 Å². The second-order valence-electron chi connectivity index (χ2n) is 9.50. The maximum absolute atomic E-state index is 14.1. The summed E-state index contributed by atoms with van der Waals surface area (Å²) in [6.07, 6.45) is 0.283. The molecule has 8 nitrogen and oxygen atoms in total. The Balaban J connectivity index is 2.10. The molecule has 0 saturated heterocycles. The van der Waals surface area contributed by atoms with Crippen LogP contribution in [0.1, 0.15) is 32.8 Å². The first-order chi connectivity index (χ1) is 19.4. The lowest BCUT2D eigenvalue weighted by Gasteiger charge is -2.33. The number of methoxy groups -OCH3 is 1. The summed E-state index contributed by atoms with van der Waals surface area (Å²) in [6.45, 7) is 4.80. The molecular weight excluding hydrogens is 609 g/mol. The highest BCUT2D eigenvalue weighted by atomic mass is 35.5. The van der Waals surface area contributed by atoms with E-state index < -0.39 is 28.5 Å². The topological polar surface area (TPSA) is 96.0 Å². The predicted octanol–water partition coefficient (Wildman–Crippen LogP) is 6.18. The molecule has 12 heteroatoms. The van der Waals surface area contributed by atoms with Crippen molar-refractivity contribution in [1.82, 2.24) is 10.2 Å². The van der Waals surface area contributed by atoms with E-state index >= 15 is 0 Å². The molecule has 41 heavy (non-hydrogen) atoms. The first-order valence-corrected chi connectivity index (χ1v) is 15.4. The first kappa shape index (κ1) is 32.5. The molecule has 3 aromatic rings.